The quantitative estimate of drug-likeness (QED) is 0.799. The molecular formula is C12H22N2O4. The summed E-state index contributed by atoms with van der Waals surface area (Å²) < 4.78 is 5.16. The van der Waals surface area contributed by atoms with Crippen LogP contribution in [0, 0.1) is 0 Å². The van der Waals surface area contributed by atoms with Gasteiger partial charge in [0.1, 0.15) is 6.04 Å². The van der Waals surface area contributed by atoms with Crippen molar-refractivity contribution < 1.29 is 19.4 Å². The van der Waals surface area contributed by atoms with E-state index >= 15 is 0 Å². The van der Waals surface area contributed by atoms with Crippen molar-refractivity contribution in [1.82, 2.24) is 9.80 Å². The van der Waals surface area contributed by atoms with Crippen molar-refractivity contribution in [3.63, 3.8) is 0 Å². The van der Waals surface area contributed by atoms with Crippen molar-refractivity contribution >= 4 is 12.0 Å². The maximum atomic E-state index is 12.2. The molecule has 6 heteroatoms. The molecule has 1 rings (SSSR count). The summed E-state index contributed by atoms with van der Waals surface area (Å²) in [6.07, 6.45) is 2.09. The number of ether oxygens (including phenoxy) is 1. The highest BCUT2D eigenvalue weighted by molar-refractivity contribution is 5.83. The Balaban J connectivity index is 2.67. The van der Waals surface area contributed by atoms with Gasteiger partial charge < -0.3 is 19.6 Å². The third kappa shape index (κ3) is 3.35. The normalized spacial score (nSPS) is 23.2. The number of carbonyl (C=O) groups excluding carboxylic acids is 1. The Labute approximate surface area is 107 Å². The Morgan fingerprint density at radius 3 is 2.67 bits per heavy atom. The predicted molar refractivity (Wildman–Crippen MR) is 66.5 cm³/mol. The van der Waals surface area contributed by atoms with Gasteiger partial charge in [0, 0.05) is 33.7 Å². The number of likely N-dealkylation sites (tertiary alicyclic amines) is 1. The SMILES string of the molecule is CCCCN(C)C(=O)N1CC(OC)CC1C(=O)O. The molecule has 0 aromatic carbocycles. The van der Waals surface area contributed by atoms with Gasteiger partial charge in [-0.25, -0.2) is 9.59 Å². The van der Waals surface area contributed by atoms with E-state index in [4.69, 9.17) is 9.84 Å². The molecule has 1 heterocycles. The molecule has 2 atom stereocenters. The Kier molecular flexibility index (Phi) is 5.40. The monoisotopic (exact) mass is 258 g/mol. The van der Waals surface area contributed by atoms with Crippen LogP contribution in [0.25, 0.3) is 0 Å². The number of urea groups is 1. The van der Waals surface area contributed by atoms with Gasteiger partial charge >= 0.3 is 12.0 Å². The van der Waals surface area contributed by atoms with Gasteiger partial charge in [0.25, 0.3) is 0 Å². The smallest absolute Gasteiger partial charge is 0.326 e. The zero-order valence-corrected chi connectivity index (χ0v) is 11.3. The lowest BCUT2D eigenvalue weighted by Gasteiger charge is -2.27. The van der Waals surface area contributed by atoms with Crippen LogP contribution in [0.2, 0.25) is 0 Å². The molecule has 0 bridgehead atoms. The Hall–Kier alpha value is -1.30. The third-order valence-electron chi connectivity index (χ3n) is 3.30. The Morgan fingerprint density at radius 1 is 1.50 bits per heavy atom. The number of rotatable bonds is 5. The van der Waals surface area contributed by atoms with Gasteiger partial charge in [-0.05, 0) is 6.42 Å². The molecule has 2 amide bonds. The second-order valence-corrected chi connectivity index (χ2v) is 4.66. The topological polar surface area (TPSA) is 70.1 Å². The summed E-state index contributed by atoms with van der Waals surface area (Å²) >= 11 is 0. The molecule has 1 aliphatic rings. The fourth-order valence-electron chi connectivity index (χ4n) is 2.12. The summed E-state index contributed by atoms with van der Waals surface area (Å²) in [6, 6.07) is -0.998. The molecular weight excluding hydrogens is 236 g/mol. The number of unbranched alkanes of at least 4 members (excludes halogenated alkanes) is 1. The minimum atomic E-state index is -0.966. The van der Waals surface area contributed by atoms with E-state index in [-0.39, 0.29) is 12.1 Å². The molecule has 6 nitrogen and oxygen atoms in total. The fourth-order valence-corrected chi connectivity index (χ4v) is 2.12. The maximum absolute atomic E-state index is 12.2. The summed E-state index contributed by atoms with van der Waals surface area (Å²) in [7, 11) is 3.25. The highest BCUT2D eigenvalue weighted by atomic mass is 16.5. The standard InChI is InChI=1S/C12H22N2O4/c1-4-5-6-13(2)12(17)14-8-9(18-3)7-10(14)11(15)16/h9-10H,4-8H2,1-3H3,(H,15,16). The van der Waals surface area contributed by atoms with Gasteiger partial charge in [0.15, 0.2) is 0 Å². The van der Waals surface area contributed by atoms with E-state index in [1.807, 2.05) is 0 Å². The molecule has 18 heavy (non-hydrogen) atoms. The maximum Gasteiger partial charge on any atom is 0.326 e. The number of carbonyl (C=O) groups is 2. The van der Waals surface area contributed by atoms with Crippen molar-refractivity contribution in [1.29, 1.82) is 0 Å². The van der Waals surface area contributed by atoms with Crippen molar-refractivity contribution in [3.8, 4) is 0 Å². The van der Waals surface area contributed by atoms with E-state index in [0.29, 0.717) is 19.5 Å². The van der Waals surface area contributed by atoms with Crippen molar-refractivity contribution in [2.75, 3.05) is 27.2 Å². The van der Waals surface area contributed by atoms with Gasteiger partial charge in [-0.15, -0.1) is 0 Å². The minimum absolute atomic E-state index is 0.186. The van der Waals surface area contributed by atoms with Crippen LogP contribution in [0.5, 0.6) is 0 Å². The molecule has 0 radical (unpaired) electrons. The van der Waals surface area contributed by atoms with Crippen LogP contribution in [0.3, 0.4) is 0 Å². The second-order valence-electron chi connectivity index (χ2n) is 4.66. The van der Waals surface area contributed by atoms with Crippen molar-refractivity contribution in [2.24, 2.45) is 0 Å². The molecule has 104 valence electrons. The van der Waals surface area contributed by atoms with Crippen LogP contribution in [0.15, 0.2) is 0 Å². The summed E-state index contributed by atoms with van der Waals surface area (Å²) in [6.45, 7) is 3.05. The number of hydrogen-bond acceptors (Lipinski definition) is 3. The molecule has 0 saturated carbocycles. The zero-order valence-electron chi connectivity index (χ0n) is 11.3. The molecule has 1 aliphatic heterocycles. The average Bonchev–Trinajstić information content (AvgIpc) is 2.79. The van der Waals surface area contributed by atoms with E-state index in [9.17, 15) is 9.59 Å². The highest BCUT2D eigenvalue weighted by Gasteiger charge is 2.40. The predicted octanol–water partition coefficient (Wildman–Crippen LogP) is 1.01. The molecule has 0 aliphatic carbocycles. The van der Waals surface area contributed by atoms with Crippen molar-refractivity contribution in [2.45, 2.75) is 38.3 Å². The first-order valence-electron chi connectivity index (χ1n) is 6.28. The van der Waals surface area contributed by atoms with Gasteiger partial charge in [-0.2, -0.15) is 0 Å². The number of methoxy groups -OCH3 is 1. The first-order valence-corrected chi connectivity index (χ1v) is 6.28. The molecule has 1 N–H and O–H groups in total. The largest absolute Gasteiger partial charge is 0.480 e. The van der Waals surface area contributed by atoms with Crippen LogP contribution in [0.4, 0.5) is 4.79 Å². The molecule has 1 saturated heterocycles. The summed E-state index contributed by atoms with van der Waals surface area (Å²) in [4.78, 5) is 26.3. The number of nitrogens with zero attached hydrogens (tertiary/aromatic N) is 2. The van der Waals surface area contributed by atoms with E-state index < -0.39 is 12.0 Å². The second kappa shape index (κ2) is 6.58. The number of hydrogen-bond donors (Lipinski definition) is 1. The summed E-state index contributed by atoms with van der Waals surface area (Å²) in [5, 5.41) is 9.14. The van der Waals surface area contributed by atoms with Crippen LogP contribution in [-0.4, -0.2) is 66.3 Å². The van der Waals surface area contributed by atoms with E-state index in [1.165, 1.54) is 4.90 Å². The molecule has 0 aromatic heterocycles. The first kappa shape index (κ1) is 14.8. The fraction of sp³-hybridized carbons (Fsp3) is 0.833. The lowest BCUT2D eigenvalue weighted by molar-refractivity contribution is -0.141. The third-order valence-corrected chi connectivity index (χ3v) is 3.30. The zero-order chi connectivity index (χ0) is 13.7. The van der Waals surface area contributed by atoms with Crippen LogP contribution in [0.1, 0.15) is 26.2 Å². The van der Waals surface area contributed by atoms with Gasteiger partial charge in [-0.1, -0.05) is 13.3 Å². The summed E-state index contributed by atoms with van der Waals surface area (Å²) in [5.41, 5.74) is 0. The Morgan fingerprint density at radius 2 is 2.17 bits per heavy atom. The lowest BCUT2D eigenvalue weighted by atomic mass is 10.2. The van der Waals surface area contributed by atoms with Gasteiger partial charge in [0.05, 0.1) is 6.10 Å². The van der Waals surface area contributed by atoms with Crippen LogP contribution in [-0.2, 0) is 9.53 Å². The average molecular weight is 258 g/mol. The van der Waals surface area contributed by atoms with E-state index in [2.05, 4.69) is 6.92 Å². The lowest BCUT2D eigenvalue weighted by Crippen LogP contribution is -2.47. The minimum Gasteiger partial charge on any atom is -0.480 e. The van der Waals surface area contributed by atoms with Gasteiger partial charge in [0.2, 0.25) is 0 Å². The van der Waals surface area contributed by atoms with Gasteiger partial charge in [-0.3, -0.25) is 0 Å². The number of carboxylic acid groups (broad SMARTS) is 1. The molecule has 0 aromatic rings. The van der Waals surface area contributed by atoms with Crippen LogP contribution < -0.4 is 0 Å². The molecule has 0 spiro atoms. The highest BCUT2D eigenvalue weighted by Crippen LogP contribution is 2.21. The number of carboxylic acids is 1. The summed E-state index contributed by atoms with van der Waals surface area (Å²) in [5.74, 6) is -0.966. The molecule has 2 unspecified atom stereocenters. The number of amides is 2. The molecule has 1 fully saturated rings. The van der Waals surface area contributed by atoms with E-state index in [0.717, 1.165) is 12.8 Å². The number of aliphatic carboxylic acids is 1. The van der Waals surface area contributed by atoms with E-state index in [1.54, 1.807) is 19.1 Å². The Bertz CT molecular complexity index is 308. The van der Waals surface area contributed by atoms with Crippen molar-refractivity contribution in [3.05, 3.63) is 0 Å². The van der Waals surface area contributed by atoms with Crippen LogP contribution >= 0.6 is 0 Å². The first-order chi connectivity index (χ1) is 8.51.